The van der Waals surface area contributed by atoms with Gasteiger partial charge in [0.25, 0.3) is 0 Å². The molecule has 0 saturated carbocycles. The van der Waals surface area contributed by atoms with Crippen LogP contribution in [-0.2, 0) is 0 Å². The molecular formula is C16H14BrFO2. The van der Waals surface area contributed by atoms with Crippen LogP contribution in [0.1, 0.15) is 28.4 Å². The van der Waals surface area contributed by atoms with Crippen LogP contribution in [0.15, 0.2) is 40.9 Å². The molecule has 4 heteroatoms. The minimum Gasteiger partial charge on any atom is -0.493 e. The average molecular weight is 337 g/mol. The Balaban J connectivity index is 2.49. The van der Waals surface area contributed by atoms with Crippen LogP contribution in [0.4, 0.5) is 4.39 Å². The molecule has 0 radical (unpaired) electrons. The van der Waals surface area contributed by atoms with Crippen LogP contribution in [0.25, 0.3) is 0 Å². The number of halogens is 2. The topological polar surface area (TPSA) is 26.3 Å². The SMILES string of the molecule is CCOc1ccc(C)cc1C(=O)c1ccc(F)cc1Br. The van der Waals surface area contributed by atoms with Gasteiger partial charge in [0.05, 0.1) is 12.2 Å². The number of hydrogen-bond acceptors (Lipinski definition) is 2. The molecule has 0 unspecified atom stereocenters. The second kappa shape index (κ2) is 6.18. The lowest BCUT2D eigenvalue weighted by Crippen LogP contribution is -2.07. The van der Waals surface area contributed by atoms with Crippen molar-refractivity contribution in [2.24, 2.45) is 0 Å². The zero-order valence-electron chi connectivity index (χ0n) is 11.2. The van der Waals surface area contributed by atoms with Crippen LogP contribution in [0, 0.1) is 12.7 Å². The third kappa shape index (κ3) is 3.07. The first-order valence-electron chi connectivity index (χ1n) is 6.26. The van der Waals surface area contributed by atoms with Crippen LogP contribution < -0.4 is 4.74 Å². The van der Waals surface area contributed by atoms with Crippen molar-refractivity contribution in [3.63, 3.8) is 0 Å². The van der Waals surface area contributed by atoms with Gasteiger partial charge in [0.1, 0.15) is 11.6 Å². The molecule has 0 spiro atoms. The third-order valence-corrected chi connectivity index (χ3v) is 3.51. The molecule has 0 atom stereocenters. The molecule has 0 heterocycles. The van der Waals surface area contributed by atoms with Crippen molar-refractivity contribution in [1.29, 1.82) is 0 Å². The van der Waals surface area contributed by atoms with E-state index in [-0.39, 0.29) is 11.6 Å². The van der Waals surface area contributed by atoms with E-state index in [0.717, 1.165) is 5.56 Å². The first-order chi connectivity index (χ1) is 9.52. The monoisotopic (exact) mass is 336 g/mol. The highest BCUT2D eigenvalue weighted by atomic mass is 79.9. The molecule has 0 aliphatic carbocycles. The predicted molar refractivity (Wildman–Crippen MR) is 79.9 cm³/mol. The molecule has 2 aromatic carbocycles. The first-order valence-corrected chi connectivity index (χ1v) is 7.05. The van der Waals surface area contributed by atoms with E-state index in [0.29, 0.717) is 28.0 Å². The van der Waals surface area contributed by atoms with E-state index >= 15 is 0 Å². The first kappa shape index (κ1) is 14.7. The number of ketones is 1. The summed E-state index contributed by atoms with van der Waals surface area (Å²) >= 11 is 3.23. The fraction of sp³-hybridized carbons (Fsp3) is 0.188. The van der Waals surface area contributed by atoms with E-state index in [9.17, 15) is 9.18 Å². The summed E-state index contributed by atoms with van der Waals surface area (Å²) in [5, 5.41) is 0. The van der Waals surface area contributed by atoms with Gasteiger partial charge in [-0.15, -0.1) is 0 Å². The zero-order valence-corrected chi connectivity index (χ0v) is 12.8. The van der Waals surface area contributed by atoms with Gasteiger partial charge in [-0.3, -0.25) is 4.79 Å². The van der Waals surface area contributed by atoms with E-state index in [1.165, 1.54) is 18.2 Å². The van der Waals surface area contributed by atoms with Gasteiger partial charge in [0.2, 0.25) is 0 Å². The van der Waals surface area contributed by atoms with Gasteiger partial charge in [-0.05, 0) is 60.1 Å². The Morgan fingerprint density at radius 2 is 1.95 bits per heavy atom. The molecule has 0 aliphatic rings. The van der Waals surface area contributed by atoms with Crippen molar-refractivity contribution in [2.45, 2.75) is 13.8 Å². The maximum absolute atomic E-state index is 13.1. The summed E-state index contributed by atoms with van der Waals surface area (Å²) in [7, 11) is 0. The molecule has 0 saturated heterocycles. The van der Waals surface area contributed by atoms with Crippen molar-refractivity contribution in [2.75, 3.05) is 6.61 Å². The lowest BCUT2D eigenvalue weighted by molar-refractivity contribution is 0.103. The van der Waals surface area contributed by atoms with Gasteiger partial charge < -0.3 is 4.74 Å². The molecule has 104 valence electrons. The van der Waals surface area contributed by atoms with Gasteiger partial charge in [-0.25, -0.2) is 4.39 Å². The Hall–Kier alpha value is -1.68. The van der Waals surface area contributed by atoms with E-state index in [1.807, 2.05) is 19.9 Å². The number of rotatable bonds is 4. The lowest BCUT2D eigenvalue weighted by atomic mass is 10.0. The summed E-state index contributed by atoms with van der Waals surface area (Å²) in [4.78, 5) is 12.6. The predicted octanol–water partition coefficient (Wildman–Crippen LogP) is 4.53. The number of carbonyl (C=O) groups is 1. The summed E-state index contributed by atoms with van der Waals surface area (Å²) in [6.45, 7) is 4.25. The third-order valence-electron chi connectivity index (χ3n) is 2.86. The Morgan fingerprint density at radius 3 is 2.60 bits per heavy atom. The Labute approximate surface area is 125 Å². The quantitative estimate of drug-likeness (QED) is 0.767. The van der Waals surface area contributed by atoms with E-state index in [1.54, 1.807) is 12.1 Å². The number of hydrogen-bond donors (Lipinski definition) is 0. The van der Waals surface area contributed by atoms with E-state index in [2.05, 4.69) is 15.9 Å². The number of ether oxygens (including phenoxy) is 1. The second-order valence-electron chi connectivity index (χ2n) is 4.39. The van der Waals surface area contributed by atoms with Crippen molar-refractivity contribution in [3.8, 4) is 5.75 Å². The number of aryl methyl sites for hydroxylation is 1. The van der Waals surface area contributed by atoms with Gasteiger partial charge in [0.15, 0.2) is 5.78 Å². The molecule has 0 aliphatic heterocycles. The van der Waals surface area contributed by atoms with Crippen molar-refractivity contribution in [1.82, 2.24) is 0 Å². The van der Waals surface area contributed by atoms with Gasteiger partial charge in [0, 0.05) is 10.0 Å². The summed E-state index contributed by atoms with van der Waals surface area (Å²) < 4.78 is 19.0. The molecule has 0 fully saturated rings. The molecule has 0 aromatic heterocycles. The molecule has 2 nitrogen and oxygen atoms in total. The minimum absolute atomic E-state index is 0.191. The summed E-state index contributed by atoms with van der Waals surface area (Å²) in [6, 6.07) is 9.48. The van der Waals surface area contributed by atoms with Crippen LogP contribution >= 0.6 is 15.9 Å². The lowest BCUT2D eigenvalue weighted by Gasteiger charge is -2.11. The highest BCUT2D eigenvalue weighted by Gasteiger charge is 2.17. The van der Waals surface area contributed by atoms with Crippen molar-refractivity contribution < 1.29 is 13.9 Å². The largest absolute Gasteiger partial charge is 0.493 e. The highest BCUT2D eigenvalue weighted by Crippen LogP contribution is 2.27. The second-order valence-corrected chi connectivity index (χ2v) is 5.24. The fourth-order valence-electron chi connectivity index (χ4n) is 1.92. The standard InChI is InChI=1S/C16H14BrFO2/c1-3-20-15-7-4-10(2)8-13(15)16(19)12-6-5-11(18)9-14(12)17/h4-9H,3H2,1-2H3. The Kier molecular flexibility index (Phi) is 4.55. The number of carbonyl (C=O) groups excluding carboxylic acids is 1. The summed E-state index contributed by atoms with van der Waals surface area (Å²) in [5.74, 6) is -0.0361. The molecule has 2 aromatic rings. The summed E-state index contributed by atoms with van der Waals surface area (Å²) in [5.41, 5.74) is 1.87. The molecule has 2 rings (SSSR count). The highest BCUT2D eigenvalue weighted by molar-refractivity contribution is 9.10. The van der Waals surface area contributed by atoms with Gasteiger partial charge >= 0.3 is 0 Å². The van der Waals surface area contributed by atoms with Crippen LogP contribution in [0.2, 0.25) is 0 Å². The molecule has 0 bridgehead atoms. The smallest absolute Gasteiger partial charge is 0.197 e. The van der Waals surface area contributed by atoms with Crippen LogP contribution in [0.5, 0.6) is 5.75 Å². The van der Waals surface area contributed by atoms with Gasteiger partial charge in [-0.2, -0.15) is 0 Å². The molecular weight excluding hydrogens is 323 g/mol. The molecule has 0 N–H and O–H groups in total. The summed E-state index contributed by atoms with van der Waals surface area (Å²) in [6.07, 6.45) is 0. The maximum Gasteiger partial charge on any atom is 0.197 e. The van der Waals surface area contributed by atoms with Crippen LogP contribution in [0.3, 0.4) is 0 Å². The fourth-order valence-corrected chi connectivity index (χ4v) is 2.45. The normalized spacial score (nSPS) is 10.4. The average Bonchev–Trinajstić information content (AvgIpc) is 2.40. The van der Waals surface area contributed by atoms with Gasteiger partial charge in [-0.1, -0.05) is 11.6 Å². The molecule has 20 heavy (non-hydrogen) atoms. The maximum atomic E-state index is 13.1. The minimum atomic E-state index is -0.386. The molecule has 0 amide bonds. The number of benzene rings is 2. The zero-order chi connectivity index (χ0) is 14.7. The van der Waals surface area contributed by atoms with Crippen molar-refractivity contribution >= 4 is 21.7 Å². The Bertz CT molecular complexity index is 653. The van der Waals surface area contributed by atoms with E-state index < -0.39 is 0 Å². The van der Waals surface area contributed by atoms with Crippen LogP contribution in [-0.4, -0.2) is 12.4 Å². The Morgan fingerprint density at radius 1 is 1.20 bits per heavy atom. The van der Waals surface area contributed by atoms with Crippen molar-refractivity contribution in [3.05, 3.63) is 63.4 Å². The van der Waals surface area contributed by atoms with E-state index in [4.69, 9.17) is 4.74 Å².